The van der Waals surface area contributed by atoms with Gasteiger partial charge in [0, 0.05) is 5.56 Å². The Balaban J connectivity index is 1.51. The number of para-hydroxylation sites is 1. The zero-order chi connectivity index (χ0) is 22.2. The van der Waals surface area contributed by atoms with Crippen LogP contribution in [0.25, 0.3) is 5.57 Å². The molecule has 0 atom stereocenters. The van der Waals surface area contributed by atoms with Crippen LogP contribution in [0.15, 0.2) is 53.4 Å². The smallest absolute Gasteiger partial charge is 0.271 e. The number of amides is 2. The summed E-state index contributed by atoms with van der Waals surface area (Å²) >= 11 is 6.73. The second kappa shape index (κ2) is 8.69. The molecule has 5 rings (SSSR count). The van der Waals surface area contributed by atoms with Crippen LogP contribution in [0, 0.1) is 0 Å². The molecule has 2 aromatic carbocycles. The number of benzene rings is 2. The molecule has 3 aliphatic rings. The van der Waals surface area contributed by atoms with Crippen LogP contribution < -0.4 is 14.5 Å². The predicted molar refractivity (Wildman–Crippen MR) is 132 cm³/mol. The fraction of sp³-hybridized carbons (Fsp3) is 0.292. The molecule has 0 bridgehead atoms. The van der Waals surface area contributed by atoms with Crippen LogP contribution in [-0.2, 0) is 9.59 Å². The Morgan fingerprint density at radius 2 is 1.69 bits per heavy atom. The van der Waals surface area contributed by atoms with Gasteiger partial charge in [0.15, 0.2) is 4.32 Å². The molecule has 2 aromatic rings. The van der Waals surface area contributed by atoms with Crippen molar-refractivity contribution in [2.24, 2.45) is 0 Å². The van der Waals surface area contributed by atoms with Gasteiger partial charge < -0.3 is 4.74 Å². The molecular weight excluding hydrogens is 442 g/mol. The van der Waals surface area contributed by atoms with E-state index in [2.05, 4.69) is 4.90 Å². The number of ether oxygens (including phenoxy) is 1. The van der Waals surface area contributed by atoms with Gasteiger partial charge in [-0.25, -0.2) is 0 Å². The molecule has 0 unspecified atom stereocenters. The van der Waals surface area contributed by atoms with E-state index in [-0.39, 0.29) is 11.8 Å². The first-order valence-corrected chi connectivity index (χ1v) is 11.9. The first-order chi connectivity index (χ1) is 15.6. The van der Waals surface area contributed by atoms with Gasteiger partial charge in [-0.05, 0) is 56.3 Å². The number of piperidine rings is 1. The zero-order valence-corrected chi connectivity index (χ0v) is 19.4. The number of hydrogen-bond acceptors (Lipinski definition) is 6. The second-order valence-corrected chi connectivity index (χ2v) is 9.63. The van der Waals surface area contributed by atoms with Gasteiger partial charge in [0.1, 0.15) is 5.75 Å². The quantitative estimate of drug-likeness (QED) is 0.497. The Morgan fingerprint density at radius 1 is 0.969 bits per heavy atom. The number of rotatable bonds is 4. The molecule has 0 radical (unpaired) electrons. The molecule has 32 heavy (non-hydrogen) atoms. The van der Waals surface area contributed by atoms with Crippen LogP contribution in [0.2, 0.25) is 0 Å². The lowest BCUT2D eigenvalue weighted by Crippen LogP contribution is -2.42. The van der Waals surface area contributed by atoms with Crippen molar-refractivity contribution in [3.05, 3.63) is 59.0 Å². The van der Waals surface area contributed by atoms with Crippen LogP contribution >= 0.6 is 24.0 Å². The van der Waals surface area contributed by atoms with Gasteiger partial charge in [-0.1, -0.05) is 48.6 Å². The highest BCUT2D eigenvalue weighted by atomic mass is 32.2. The van der Waals surface area contributed by atoms with E-state index in [0.717, 1.165) is 37.2 Å². The minimum atomic E-state index is -0.261. The van der Waals surface area contributed by atoms with Gasteiger partial charge in [-0.3, -0.25) is 24.3 Å². The number of carbonyl (C=O) groups is 2. The van der Waals surface area contributed by atoms with E-state index in [1.54, 1.807) is 36.3 Å². The van der Waals surface area contributed by atoms with Crippen molar-refractivity contribution in [3.63, 3.8) is 0 Å². The molecule has 0 aliphatic carbocycles. The molecule has 3 heterocycles. The lowest BCUT2D eigenvalue weighted by atomic mass is 10.1. The molecule has 3 aliphatic heterocycles. The lowest BCUT2D eigenvalue weighted by Gasteiger charge is -2.30. The van der Waals surface area contributed by atoms with Crippen molar-refractivity contribution in [1.82, 2.24) is 4.90 Å². The third kappa shape index (κ3) is 3.62. The summed E-state index contributed by atoms with van der Waals surface area (Å²) in [6.07, 6.45) is 3.54. The summed E-state index contributed by atoms with van der Waals surface area (Å²) in [4.78, 5) is 33.1. The highest BCUT2D eigenvalue weighted by Crippen LogP contribution is 2.45. The van der Waals surface area contributed by atoms with Crippen LogP contribution in [0.3, 0.4) is 0 Å². The SMILES string of the molecule is COc1ccc(N2C(=O)/C(=C3/C(=O)N(CN4CCCCC4)c4ccccc43)SC2=S)cc1. The number of nitrogens with zero attached hydrogens (tertiary/aromatic N) is 3. The van der Waals surface area contributed by atoms with E-state index in [1.807, 2.05) is 24.3 Å². The topological polar surface area (TPSA) is 53.1 Å². The van der Waals surface area contributed by atoms with Crippen LogP contribution in [0.5, 0.6) is 5.75 Å². The fourth-order valence-corrected chi connectivity index (χ4v) is 5.78. The number of thiocarbonyl (C=S) groups is 1. The molecule has 2 amide bonds. The minimum Gasteiger partial charge on any atom is -0.497 e. The Bertz CT molecular complexity index is 1120. The monoisotopic (exact) mass is 465 g/mol. The molecule has 164 valence electrons. The number of fused-ring (bicyclic) bond motifs is 1. The van der Waals surface area contributed by atoms with Gasteiger partial charge in [-0.2, -0.15) is 0 Å². The Kier molecular flexibility index (Phi) is 5.75. The lowest BCUT2D eigenvalue weighted by molar-refractivity contribution is -0.115. The molecule has 8 heteroatoms. The third-order valence-electron chi connectivity index (χ3n) is 6.04. The molecule has 2 saturated heterocycles. The maximum Gasteiger partial charge on any atom is 0.271 e. The average Bonchev–Trinajstić information content (AvgIpc) is 3.26. The highest BCUT2D eigenvalue weighted by molar-refractivity contribution is 8.27. The standard InChI is InChI=1S/C24H23N3O3S2/c1-30-17-11-9-16(10-12-17)27-23(29)21(32-24(27)31)20-18-7-3-4-8-19(18)26(22(20)28)15-25-13-5-2-6-14-25/h3-4,7-12H,2,5-6,13-15H2,1H3/b21-20-. The maximum atomic E-state index is 13.6. The zero-order valence-electron chi connectivity index (χ0n) is 17.7. The van der Waals surface area contributed by atoms with E-state index in [1.165, 1.54) is 23.1 Å². The normalized spacial score (nSPS) is 21.5. The average molecular weight is 466 g/mol. The van der Waals surface area contributed by atoms with Crippen LogP contribution in [0.1, 0.15) is 24.8 Å². The van der Waals surface area contributed by atoms with Gasteiger partial charge in [-0.15, -0.1) is 0 Å². The number of likely N-dealkylation sites (tertiary alicyclic amines) is 1. The van der Waals surface area contributed by atoms with Gasteiger partial charge in [0.05, 0.1) is 35.6 Å². The summed E-state index contributed by atoms with van der Waals surface area (Å²) in [5.74, 6) is 0.306. The molecule has 0 N–H and O–H groups in total. The number of methoxy groups -OCH3 is 1. The molecule has 0 spiro atoms. The third-order valence-corrected chi connectivity index (χ3v) is 7.41. The first-order valence-electron chi connectivity index (χ1n) is 10.7. The summed E-state index contributed by atoms with van der Waals surface area (Å²) in [6.45, 7) is 2.51. The Morgan fingerprint density at radius 3 is 2.41 bits per heavy atom. The van der Waals surface area contributed by atoms with E-state index in [4.69, 9.17) is 17.0 Å². The fourth-order valence-electron chi connectivity index (χ4n) is 4.41. The van der Waals surface area contributed by atoms with Gasteiger partial charge >= 0.3 is 0 Å². The largest absolute Gasteiger partial charge is 0.497 e. The first kappa shape index (κ1) is 21.2. The molecule has 2 fully saturated rings. The van der Waals surface area contributed by atoms with E-state index in [9.17, 15) is 9.59 Å². The van der Waals surface area contributed by atoms with E-state index < -0.39 is 0 Å². The molecule has 6 nitrogen and oxygen atoms in total. The molecule has 0 aromatic heterocycles. The maximum absolute atomic E-state index is 13.6. The molecular formula is C24H23N3O3S2. The Hall–Kier alpha value is -2.68. The highest BCUT2D eigenvalue weighted by Gasteiger charge is 2.42. The van der Waals surface area contributed by atoms with Gasteiger partial charge in [0.25, 0.3) is 11.8 Å². The van der Waals surface area contributed by atoms with E-state index >= 15 is 0 Å². The summed E-state index contributed by atoms with van der Waals surface area (Å²) in [5.41, 5.74) is 2.76. The van der Waals surface area contributed by atoms with E-state index in [0.29, 0.717) is 32.9 Å². The predicted octanol–water partition coefficient (Wildman–Crippen LogP) is 4.26. The summed E-state index contributed by atoms with van der Waals surface area (Å²) in [5, 5.41) is 0. The van der Waals surface area contributed by atoms with Crippen molar-refractivity contribution in [1.29, 1.82) is 0 Å². The van der Waals surface area contributed by atoms with Crippen molar-refractivity contribution >= 4 is 57.1 Å². The number of thioether (sulfide) groups is 1. The molecule has 0 saturated carbocycles. The number of carbonyl (C=O) groups excluding carboxylic acids is 2. The summed E-state index contributed by atoms with van der Waals surface area (Å²) in [7, 11) is 1.60. The minimum absolute atomic E-state index is 0.132. The van der Waals surface area contributed by atoms with Crippen molar-refractivity contribution < 1.29 is 14.3 Å². The van der Waals surface area contributed by atoms with Crippen LogP contribution in [0.4, 0.5) is 11.4 Å². The number of anilines is 2. The summed E-state index contributed by atoms with van der Waals surface area (Å²) < 4.78 is 5.63. The van der Waals surface area contributed by atoms with Crippen molar-refractivity contribution in [2.45, 2.75) is 19.3 Å². The Labute approximate surface area is 196 Å². The van der Waals surface area contributed by atoms with Crippen molar-refractivity contribution in [2.75, 3.05) is 36.7 Å². The summed E-state index contributed by atoms with van der Waals surface area (Å²) in [6, 6.07) is 14.9. The van der Waals surface area contributed by atoms with Gasteiger partial charge in [0.2, 0.25) is 0 Å². The second-order valence-electron chi connectivity index (χ2n) is 7.98. The van der Waals surface area contributed by atoms with Crippen LogP contribution in [-0.4, -0.2) is 47.9 Å². The number of hydrogen-bond donors (Lipinski definition) is 0. The van der Waals surface area contributed by atoms with Crippen molar-refractivity contribution in [3.8, 4) is 5.75 Å².